The summed E-state index contributed by atoms with van der Waals surface area (Å²) in [6.07, 6.45) is 0. The molecule has 0 heterocycles. The molecule has 0 unspecified atom stereocenters. The topological polar surface area (TPSA) is 24.1 Å². The van der Waals surface area contributed by atoms with Crippen LogP contribution in [0.4, 0.5) is 0 Å². The number of benzene rings is 1. The zero-order valence-electron chi connectivity index (χ0n) is 8.43. The van der Waals surface area contributed by atoms with Crippen LogP contribution in [-0.4, -0.2) is 20.1 Å². The van der Waals surface area contributed by atoms with Crippen LogP contribution in [0.5, 0.6) is 0 Å². The lowest BCUT2D eigenvalue weighted by Gasteiger charge is -2.06. The van der Waals surface area contributed by atoms with Crippen LogP contribution < -0.4 is 10.6 Å². The molecule has 2 nitrogen and oxygen atoms in total. The molecule has 0 amide bonds. The number of hydrogen-bond acceptors (Lipinski definition) is 2. The molecule has 0 aliphatic carbocycles. The van der Waals surface area contributed by atoms with Crippen LogP contribution in [0.2, 0.25) is 0 Å². The van der Waals surface area contributed by atoms with Crippen molar-refractivity contribution in [3.05, 3.63) is 35.4 Å². The van der Waals surface area contributed by atoms with Crippen molar-refractivity contribution >= 4 is 0 Å². The Hall–Kier alpha value is -0.860. The van der Waals surface area contributed by atoms with Crippen LogP contribution in [0, 0.1) is 6.92 Å². The molecule has 0 spiro atoms. The van der Waals surface area contributed by atoms with Crippen molar-refractivity contribution in [2.45, 2.75) is 13.5 Å². The summed E-state index contributed by atoms with van der Waals surface area (Å²) in [6.45, 7) is 5.15. The third kappa shape index (κ3) is 3.57. The second kappa shape index (κ2) is 5.73. The second-order valence-corrected chi connectivity index (χ2v) is 3.21. The molecule has 1 rings (SSSR count). The lowest BCUT2D eigenvalue weighted by molar-refractivity contribution is 0.649. The molecule has 0 saturated heterocycles. The molecule has 0 radical (unpaired) electrons. The summed E-state index contributed by atoms with van der Waals surface area (Å²) in [5, 5.41) is 6.49. The summed E-state index contributed by atoms with van der Waals surface area (Å²) < 4.78 is 0. The lowest BCUT2D eigenvalue weighted by Crippen LogP contribution is -2.24. The average Bonchev–Trinajstić information content (AvgIpc) is 2.15. The number of aryl methyl sites for hydroxylation is 1. The van der Waals surface area contributed by atoms with Crippen molar-refractivity contribution in [1.29, 1.82) is 0 Å². The van der Waals surface area contributed by atoms with Gasteiger partial charge in [0, 0.05) is 19.6 Å². The second-order valence-electron chi connectivity index (χ2n) is 3.21. The Bertz CT molecular complexity index is 246. The maximum Gasteiger partial charge on any atom is 0.0208 e. The molecule has 0 aliphatic heterocycles. The number of hydrogen-bond donors (Lipinski definition) is 2. The normalized spacial score (nSPS) is 10.3. The van der Waals surface area contributed by atoms with E-state index in [2.05, 4.69) is 41.8 Å². The molecule has 13 heavy (non-hydrogen) atoms. The minimum absolute atomic E-state index is 0.967. The quantitative estimate of drug-likeness (QED) is 0.664. The predicted octanol–water partition coefficient (Wildman–Crippen LogP) is 1.30. The first-order chi connectivity index (χ1) is 6.34. The maximum atomic E-state index is 3.38. The van der Waals surface area contributed by atoms with Gasteiger partial charge in [0.1, 0.15) is 0 Å². The van der Waals surface area contributed by atoms with E-state index in [1.165, 1.54) is 11.1 Å². The van der Waals surface area contributed by atoms with Crippen LogP contribution in [0.25, 0.3) is 0 Å². The summed E-state index contributed by atoms with van der Waals surface area (Å²) in [5.41, 5.74) is 2.75. The third-order valence-corrected chi connectivity index (χ3v) is 2.13. The van der Waals surface area contributed by atoms with E-state index in [4.69, 9.17) is 0 Å². The van der Waals surface area contributed by atoms with Gasteiger partial charge in [-0.05, 0) is 25.1 Å². The highest BCUT2D eigenvalue weighted by Crippen LogP contribution is 2.05. The first-order valence-corrected chi connectivity index (χ1v) is 4.74. The Labute approximate surface area is 80.4 Å². The van der Waals surface area contributed by atoms with Crippen LogP contribution in [0.15, 0.2) is 24.3 Å². The van der Waals surface area contributed by atoms with Crippen molar-refractivity contribution in [2.75, 3.05) is 20.1 Å². The van der Waals surface area contributed by atoms with Gasteiger partial charge in [0.05, 0.1) is 0 Å². The Balaban J connectivity index is 2.32. The smallest absolute Gasteiger partial charge is 0.0208 e. The predicted molar refractivity (Wildman–Crippen MR) is 56.8 cm³/mol. The van der Waals surface area contributed by atoms with E-state index in [9.17, 15) is 0 Å². The largest absolute Gasteiger partial charge is 0.318 e. The van der Waals surface area contributed by atoms with E-state index in [1.54, 1.807) is 0 Å². The van der Waals surface area contributed by atoms with E-state index in [-0.39, 0.29) is 0 Å². The molecule has 1 aromatic carbocycles. The first kappa shape index (κ1) is 10.2. The van der Waals surface area contributed by atoms with E-state index in [0.717, 1.165) is 19.6 Å². The molecule has 0 aromatic heterocycles. The summed E-state index contributed by atoms with van der Waals surface area (Å²) in [4.78, 5) is 0. The molecule has 0 atom stereocenters. The van der Waals surface area contributed by atoms with E-state index in [0.29, 0.717) is 0 Å². The van der Waals surface area contributed by atoms with Gasteiger partial charge in [-0.2, -0.15) is 0 Å². The van der Waals surface area contributed by atoms with Gasteiger partial charge in [-0.3, -0.25) is 0 Å². The van der Waals surface area contributed by atoms with Crippen molar-refractivity contribution in [3.8, 4) is 0 Å². The summed E-state index contributed by atoms with van der Waals surface area (Å²) in [5.74, 6) is 0. The zero-order valence-corrected chi connectivity index (χ0v) is 8.43. The van der Waals surface area contributed by atoms with Gasteiger partial charge in [-0.15, -0.1) is 0 Å². The molecule has 72 valence electrons. The molecular formula is C11H18N2. The van der Waals surface area contributed by atoms with Gasteiger partial charge in [-0.1, -0.05) is 24.3 Å². The lowest BCUT2D eigenvalue weighted by atomic mass is 10.1. The van der Waals surface area contributed by atoms with Crippen LogP contribution in [-0.2, 0) is 6.54 Å². The fraction of sp³-hybridized carbons (Fsp3) is 0.455. The molecular weight excluding hydrogens is 160 g/mol. The average molecular weight is 178 g/mol. The summed E-state index contributed by atoms with van der Waals surface area (Å²) in [6, 6.07) is 8.48. The van der Waals surface area contributed by atoms with Crippen molar-refractivity contribution in [1.82, 2.24) is 10.6 Å². The van der Waals surface area contributed by atoms with Crippen molar-refractivity contribution < 1.29 is 0 Å². The minimum Gasteiger partial charge on any atom is -0.318 e. The molecule has 0 fully saturated rings. The van der Waals surface area contributed by atoms with E-state index in [1.807, 2.05) is 7.05 Å². The van der Waals surface area contributed by atoms with Gasteiger partial charge < -0.3 is 10.6 Å². The minimum atomic E-state index is 0.967. The highest BCUT2D eigenvalue weighted by molar-refractivity contribution is 5.25. The fourth-order valence-electron chi connectivity index (χ4n) is 1.24. The first-order valence-electron chi connectivity index (χ1n) is 4.74. The van der Waals surface area contributed by atoms with Gasteiger partial charge in [0.15, 0.2) is 0 Å². The van der Waals surface area contributed by atoms with Crippen molar-refractivity contribution in [2.24, 2.45) is 0 Å². The van der Waals surface area contributed by atoms with Gasteiger partial charge in [0.25, 0.3) is 0 Å². The summed E-state index contributed by atoms with van der Waals surface area (Å²) >= 11 is 0. The Kier molecular flexibility index (Phi) is 4.50. The van der Waals surface area contributed by atoms with Crippen LogP contribution >= 0.6 is 0 Å². The standard InChI is InChI=1S/C11H18N2/c1-10-5-3-4-6-11(10)9-13-8-7-12-2/h3-6,12-13H,7-9H2,1-2H3. The van der Waals surface area contributed by atoms with Gasteiger partial charge >= 0.3 is 0 Å². The van der Waals surface area contributed by atoms with Crippen molar-refractivity contribution in [3.63, 3.8) is 0 Å². The molecule has 2 N–H and O–H groups in total. The Morgan fingerprint density at radius 2 is 1.92 bits per heavy atom. The Morgan fingerprint density at radius 1 is 1.15 bits per heavy atom. The van der Waals surface area contributed by atoms with Crippen LogP contribution in [0.3, 0.4) is 0 Å². The fourth-order valence-corrected chi connectivity index (χ4v) is 1.24. The monoisotopic (exact) mass is 178 g/mol. The third-order valence-electron chi connectivity index (χ3n) is 2.13. The maximum absolute atomic E-state index is 3.38. The molecule has 0 saturated carbocycles. The van der Waals surface area contributed by atoms with Crippen LogP contribution in [0.1, 0.15) is 11.1 Å². The van der Waals surface area contributed by atoms with E-state index < -0.39 is 0 Å². The van der Waals surface area contributed by atoms with Gasteiger partial charge in [-0.25, -0.2) is 0 Å². The molecule has 1 aromatic rings. The zero-order chi connectivity index (χ0) is 9.52. The SMILES string of the molecule is CNCCNCc1ccccc1C. The number of rotatable bonds is 5. The highest BCUT2D eigenvalue weighted by atomic mass is 14.9. The molecule has 0 aliphatic rings. The highest BCUT2D eigenvalue weighted by Gasteiger charge is 1.94. The van der Waals surface area contributed by atoms with Gasteiger partial charge in [0.2, 0.25) is 0 Å². The summed E-state index contributed by atoms with van der Waals surface area (Å²) in [7, 11) is 1.97. The number of nitrogens with one attached hydrogen (secondary N) is 2. The number of likely N-dealkylation sites (N-methyl/N-ethyl adjacent to an activating group) is 1. The Morgan fingerprint density at radius 3 is 2.62 bits per heavy atom. The van der Waals surface area contributed by atoms with E-state index >= 15 is 0 Å². The molecule has 0 bridgehead atoms. The molecule has 2 heteroatoms.